The van der Waals surface area contributed by atoms with Gasteiger partial charge in [-0.15, -0.1) is 0 Å². The maximum absolute atomic E-state index is 10.7. The van der Waals surface area contributed by atoms with Gasteiger partial charge in [-0.05, 0) is 6.26 Å². The first-order valence-electron chi connectivity index (χ1n) is 3.18. The largest absolute Gasteiger partial charge is 0.345 e. The van der Waals surface area contributed by atoms with Gasteiger partial charge in [0.1, 0.15) is 6.29 Å². The average Bonchev–Trinajstić information content (AvgIpc) is 2.03. The van der Waals surface area contributed by atoms with Crippen LogP contribution in [0.5, 0.6) is 0 Å². The minimum atomic E-state index is -0.402. The van der Waals surface area contributed by atoms with E-state index in [1.165, 1.54) is 11.8 Å². The van der Waals surface area contributed by atoms with Crippen molar-refractivity contribution in [3.63, 3.8) is 0 Å². The Labute approximate surface area is 69.9 Å². The van der Waals surface area contributed by atoms with E-state index < -0.39 is 6.04 Å². The summed E-state index contributed by atoms with van der Waals surface area (Å²) in [5.74, 6) is 0.297. The molecule has 0 unspecified atom stereocenters. The molecular formula is C6H12N2O2S. The molecule has 0 aliphatic rings. The Morgan fingerprint density at radius 3 is 2.82 bits per heavy atom. The third kappa shape index (κ3) is 4.80. The zero-order chi connectivity index (χ0) is 8.69. The van der Waals surface area contributed by atoms with Crippen LogP contribution in [0.25, 0.3) is 0 Å². The second kappa shape index (κ2) is 6.18. The van der Waals surface area contributed by atoms with Crippen LogP contribution in [0.15, 0.2) is 0 Å². The Balaban J connectivity index is 3.67. The van der Waals surface area contributed by atoms with E-state index in [1.807, 2.05) is 6.26 Å². The van der Waals surface area contributed by atoms with Gasteiger partial charge in [0.15, 0.2) is 0 Å². The van der Waals surface area contributed by atoms with Gasteiger partial charge >= 0.3 is 0 Å². The Kier molecular flexibility index (Phi) is 5.87. The monoisotopic (exact) mass is 176 g/mol. The van der Waals surface area contributed by atoms with Crippen molar-refractivity contribution in [2.75, 3.05) is 18.6 Å². The lowest BCUT2D eigenvalue weighted by Gasteiger charge is -2.09. The summed E-state index contributed by atoms with van der Waals surface area (Å²) >= 11 is 1.50. The van der Waals surface area contributed by atoms with Crippen LogP contribution in [0, 0.1) is 0 Å². The predicted molar refractivity (Wildman–Crippen MR) is 45.4 cm³/mol. The molecule has 0 aromatic carbocycles. The second-order valence-electron chi connectivity index (χ2n) is 1.97. The first kappa shape index (κ1) is 10.4. The maximum atomic E-state index is 10.7. The fourth-order valence-electron chi connectivity index (χ4n) is 0.560. The fourth-order valence-corrected chi connectivity index (χ4v) is 1.08. The van der Waals surface area contributed by atoms with Gasteiger partial charge in [0.05, 0.1) is 12.6 Å². The van der Waals surface area contributed by atoms with Crippen molar-refractivity contribution < 1.29 is 9.59 Å². The molecule has 0 saturated heterocycles. The molecule has 0 fully saturated rings. The topological polar surface area (TPSA) is 72.2 Å². The minimum absolute atomic E-state index is 0.0707. The maximum Gasteiger partial charge on any atom is 0.234 e. The van der Waals surface area contributed by atoms with E-state index in [0.717, 1.165) is 0 Å². The van der Waals surface area contributed by atoms with Gasteiger partial charge in [-0.2, -0.15) is 11.8 Å². The molecule has 11 heavy (non-hydrogen) atoms. The highest BCUT2D eigenvalue weighted by Gasteiger charge is 2.07. The molecule has 0 saturated carbocycles. The van der Waals surface area contributed by atoms with Crippen LogP contribution in [0.4, 0.5) is 0 Å². The second-order valence-corrected chi connectivity index (χ2v) is 2.88. The van der Waals surface area contributed by atoms with Crippen LogP contribution in [0.1, 0.15) is 0 Å². The number of nitrogens with one attached hydrogen (secondary N) is 1. The van der Waals surface area contributed by atoms with Crippen molar-refractivity contribution >= 4 is 24.0 Å². The smallest absolute Gasteiger partial charge is 0.234 e. The predicted octanol–water partition coefficient (Wildman–Crippen LogP) is -1.01. The molecule has 0 aromatic heterocycles. The summed E-state index contributed by atoms with van der Waals surface area (Å²) in [6.45, 7) is -0.0707. The van der Waals surface area contributed by atoms with Crippen molar-refractivity contribution in [2.45, 2.75) is 6.04 Å². The molecule has 0 aliphatic carbocycles. The van der Waals surface area contributed by atoms with Crippen LogP contribution in [-0.4, -0.2) is 36.8 Å². The van der Waals surface area contributed by atoms with Gasteiger partial charge in [0, 0.05) is 5.75 Å². The molecule has 5 heteroatoms. The van der Waals surface area contributed by atoms with Crippen LogP contribution >= 0.6 is 11.8 Å². The molecule has 0 aromatic rings. The van der Waals surface area contributed by atoms with E-state index >= 15 is 0 Å². The summed E-state index contributed by atoms with van der Waals surface area (Å²) in [6.07, 6.45) is 2.58. The molecule has 1 amide bonds. The molecule has 0 rings (SSSR count). The Hall–Kier alpha value is -0.550. The summed E-state index contributed by atoms with van der Waals surface area (Å²) < 4.78 is 0. The Bertz CT molecular complexity index is 141. The molecule has 3 N–H and O–H groups in total. The van der Waals surface area contributed by atoms with E-state index in [-0.39, 0.29) is 12.5 Å². The number of aldehydes is 1. The van der Waals surface area contributed by atoms with Crippen LogP contribution in [0.2, 0.25) is 0 Å². The zero-order valence-electron chi connectivity index (χ0n) is 6.37. The van der Waals surface area contributed by atoms with Crippen LogP contribution < -0.4 is 11.1 Å². The van der Waals surface area contributed by atoms with Gasteiger partial charge in [0.2, 0.25) is 5.91 Å². The Morgan fingerprint density at radius 1 is 1.82 bits per heavy atom. The van der Waals surface area contributed by atoms with E-state index in [2.05, 4.69) is 5.32 Å². The lowest BCUT2D eigenvalue weighted by molar-refractivity contribution is -0.122. The summed E-state index contributed by atoms with van der Waals surface area (Å²) in [7, 11) is 0. The molecule has 0 bridgehead atoms. The first-order chi connectivity index (χ1) is 5.24. The van der Waals surface area contributed by atoms with E-state index in [4.69, 9.17) is 5.73 Å². The van der Waals surface area contributed by atoms with Gasteiger partial charge < -0.3 is 15.8 Å². The highest BCUT2D eigenvalue weighted by Crippen LogP contribution is 1.93. The number of rotatable bonds is 5. The summed E-state index contributed by atoms with van der Waals surface area (Å²) in [5, 5.41) is 2.46. The lowest BCUT2D eigenvalue weighted by atomic mass is 10.4. The normalized spacial score (nSPS) is 12.2. The highest BCUT2D eigenvalue weighted by atomic mass is 32.2. The summed E-state index contributed by atoms with van der Waals surface area (Å²) in [5.41, 5.74) is 5.04. The molecule has 0 heterocycles. The van der Waals surface area contributed by atoms with Crippen molar-refractivity contribution in [3.8, 4) is 0 Å². The quantitative estimate of drug-likeness (QED) is 0.527. The first-order valence-corrected chi connectivity index (χ1v) is 4.57. The number of hydrogen-bond acceptors (Lipinski definition) is 4. The van der Waals surface area contributed by atoms with Crippen LogP contribution in [-0.2, 0) is 9.59 Å². The van der Waals surface area contributed by atoms with Gasteiger partial charge in [-0.1, -0.05) is 0 Å². The van der Waals surface area contributed by atoms with Gasteiger partial charge in [-0.3, -0.25) is 4.79 Å². The highest BCUT2D eigenvalue weighted by molar-refractivity contribution is 7.98. The Morgan fingerprint density at radius 2 is 2.45 bits per heavy atom. The SMILES string of the molecule is CSC[C@@H](C=O)NC(=O)CN. The molecular weight excluding hydrogens is 164 g/mol. The number of hydrogen-bond donors (Lipinski definition) is 2. The molecule has 1 atom stereocenters. The number of carbonyl (C=O) groups is 2. The molecule has 4 nitrogen and oxygen atoms in total. The molecule has 64 valence electrons. The number of carbonyl (C=O) groups excluding carboxylic acids is 2. The van der Waals surface area contributed by atoms with E-state index in [1.54, 1.807) is 0 Å². The molecule has 0 aliphatic heterocycles. The number of amides is 1. The van der Waals surface area contributed by atoms with Crippen molar-refractivity contribution in [2.24, 2.45) is 5.73 Å². The number of thioether (sulfide) groups is 1. The van der Waals surface area contributed by atoms with Crippen molar-refractivity contribution in [1.82, 2.24) is 5.32 Å². The minimum Gasteiger partial charge on any atom is -0.345 e. The van der Waals surface area contributed by atoms with Crippen molar-refractivity contribution in [1.29, 1.82) is 0 Å². The average molecular weight is 176 g/mol. The van der Waals surface area contributed by atoms with Gasteiger partial charge in [0.25, 0.3) is 0 Å². The van der Waals surface area contributed by atoms with Crippen molar-refractivity contribution in [3.05, 3.63) is 0 Å². The molecule has 0 spiro atoms. The van der Waals surface area contributed by atoms with E-state index in [0.29, 0.717) is 12.0 Å². The molecule has 0 radical (unpaired) electrons. The third-order valence-corrected chi connectivity index (χ3v) is 1.73. The number of nitrogens with two attached hydrogens (primary N) is 1. The summed E-state index contributed by atoms with van der Waals surface area (Å²) in [4.78, 5) is 20.9. The van der Waals surface area contributed by atoms with Gasteiger partial charge in [-0.25, -0.2) is 0 Å². The third-order valence-electron chi connectivity index (χ3n) is 1.04. The standard InChI is InChI=1S/C6H12N2O2S/c1-11-4-5(3-9)8-6(10)2-7/h3,5H,2,4,7H2,1H3,(H,8,10)/t5-/m1/s1. The van der Waals surface area contributed by atoms with E-state index in [9.17, 15) is 9.59 Å². The zero-order valence-corrected chi connectivity index (χ0v) is 7.19. The lowest BCUT2D eigenvalue weighted by Crippen LogP contribution is -2.41. The van der Waals surface area contributed by atoms with Crippen LogP contribution in [0.3, 0.4) is 0 Å². The summed E-state index contributed by atoms with van der Waals surface area (Å²) in [6, 6.07) is -0.402. The fraction of sp³-hybridized carbons (Fsp3) is 0.667.